The fraction of sp³-hybridized carbons (Fsp3) is 0.300. The van der Waals surface area contributed by atoms with Crippen LogP contribution in [0.2, 0.25) is 0 Å². The summed E-state index contributed by atoms with van der Waals surface area (Å²) in [5.74, 6) is -1.61. The van der Waals surface area contributed by atoms with Crippen LogP contribution in [0.3, 0.4) is 0 Å². The lowest BCUT2D eigenvalue weighted by Gasteiger charge is -2.17. The number of para-hydroxylation sites is 1. The highest BCUT2D eigenvalue weighted by atomic mass is 19.3. The Labute approximate surface area is 156 Å². The molecule has 0 radical (unpaired) electrons. The van der Waals surface area contributed by atoms with Crippen LogP contribution in [0.15, 0.2) is 48.5 Å². The number of benzene rings is 2. The summed E-state index contributed by atoms with van der Waals surface area (Å²) in [6.07, 6.45) is 0.932. The average molecular weight is 377 g/mol. The molecule has 0 atom stereocenters. The maximum absolute atomic E-state index is 12.4. The highest BCUT2D eigenvalue weighted by Crippen LogP contribution is 2.21. The Bertz CT molecular complexity index is 778. The third-order valence-corrected chi connectivity index (χ3v) is 3.93. The summed E-state index contributed by atoms with van der Waals surface area (Å²) >= 11 is 0. The van der Waals surface area contributed by atoms with Crippen molar-refractivity contribution < 1.29 is 27.8 Å². The van der Waals surface area contributed by atoms with Crippen molar-refractivity contribution in [3.63, 3.8) is 0 Å². The predicted octanol–water partition coefficient (Wildman–Crippen LogP) is 3.67. The quantitative estimate of drug-likeness (QED) is 0.659. The Balaban J connectivity index is 1.91. The molecule has 144 valence electrons. The minimum Gasteiger partial charge on any atom is -0.452 e. The van der Waals surface area contributed by atoms with Gasteiger partial charge in [0.05, 0.1) is 0 Å². The Morgan fingerprint density at radius 1 is 1.04 bits per heavy atom. The lowest BCUT2D eigenvalue weighted by molar-refractivity contribution is -0.133. The zero-order valence-corrected chi connectivity index (χ0v) is 15.2. The largest absolute Gasteiger partial charge is 0.452 e. The Morgan fingerprint density at radius 2 is 1.67 bits per heavy atom. The zero-order chi connectivity index (χ0) is 19.8. The summed E-state index contributed by atoms with van der Waals surface area (Å²) in [5.41, 5.74) is 1.99. The molecule has 0 aliphatic rings. The predicted molar refractivity (Wildman–Crippen MR) is 95.7 cm³/mol. The van der Waals surface area contributed by atoms with Gasteiger partial charge in [0.1, 0.15) is 11.3 Å². The van der Waals surface area contributed by atoms with Crippen molar-refractivity contribution in [2.45, 2.75) is 26.5 Å². The molecule has 0 heterocycles. The van der Waals surface area contributed by atoms with Crippen molar-refractivity contribution in [1.29, 1.82) is 0 Å². The molecule has 0 aliphatic carbocycles. The maximum atomic E-state index is 12.4. The molecule has 0 fully saturated rings. The van der Waals surface area contributed by atoms with Crippen LogP contribution in [0.5, 0.6) is 5.75 Å². The molecule has 0 spiro atoms. The van der Waals surface area contributed by atoms with Crippen molar-refractivity contribution in [3.8, 4) is 5.75 Å². The topological polar surface area (TPSA) is 55.8 Å². The van der Waals surface area contributed by atoms with Gasteiger partial charge in [-0.05, 0) is 29.7 Å². The maximum Gasteiger partial charge on any atom is 0.387 e. The first-order valence-corrected chi connectivity index (χ1v) is 8.43. The summed E-state index contributed by atoms with van der Waals surface area (Å²) in [6, 6.07) is 13.3. The molecule has 0 bridgehead atoms. The molecule has 0 saturated carbocycles. The number of alkyl halides is 2. The van der Waals surface area contributed by atoms with Crippen LogP contribution >= 0.6 is 0 Å². The third kappa shape index (κ3) is 6.06. The average Bonchev–Trinajstić information content (AvgIpc) is 2.66. The highest BCUT2D eigenvalue weighted by molar-refractivity contribution is 5.93. The second kappa shape index (κ2) is 9.66. The van der Waals surface area contributed by atoms with Gasteiger partial charge in [-0.1, -0.05) is 43.3 Å². The van der Waals surface area contributed by atoms with Crippen LogP contribution in [0, 0.1) is 0 Å². The molecule has 0 unspecified atom stereocenters. The second-order valence-corrected chi connectivity index (χ2v) is 5.87. The van der Waals surface area contributed by atoms with E-state index in [0.29, 0.717) is 6.54 Å². The minimum atomic E-state index is -3.06. The monoisotopic (exact) mass is 377 g/mol. The molecule has 7 heteroatoms. The number of carbonyl (C=O) groups excluding carboxylic acids is 2. The lowest BCUT2D eigenvalue weighted by atomic mass is 10.1. The molecule has 1 amide bonds. The Kier molecular flexibility index (Phi) is 7.28. The first kappa shape index (κ1) is 20.4. The second-order valence-electron chi connectivity index (χ2n) is 5.87. The number of hydrogen-bond donors (Lipinski definition) is 0. The number of carbonyl (C=O) groups is 2. The van der Waals surface area contributed by atoms with E-state index in [2.05, 4.69) is 11.7 Å². The van der Waals surface area contributed by atoms with Crippen molar-refractivity contribution in [2.24, 2.45) is 0 Å². The number of amides is 1. The van der Waals surface area contributed by atoms with Crippen LogP contribution in [0.25, 0.3) is 0 Å². The molecule has 2 rings (SSSR count). The highest BCUT2D eigenvalue weighted by Gasteiger charge is 2.18. The van der Waals surface area contributed by atoms with Gasteiger partial charge >= 0.3 is 12.6 Å². The van der Waals surface area contributed by atoms with Gasteiger partial charge < -0.3 is 14.4 Å². The van der Waals surface area contributed by atoms with Gasteiger partial charge in [-0.2, -0.15) is 8.78 Å². The molecule has 0 saturated heterocycles. The normalized spacial score (nSPS) is 10.6. The molecule has 2 aromatic carbocycles. The number of rotatable bonds is 8. The van der Waals surface area contributed by atoms with Crippen molar-refractivity contribution in [2.75, 3.05) is 13.7 Å². The van der Waals surface area contributed by atoms with Crippen LogP contribution in [-0.4, -0.2) is 37.0 Å². The van der Waals surface area contributed by atoms with Crippen LogP contribution in [0.4, 0.5) is 8.78 Å². The summed E-state index contributed by atoms with van der Waals surface area (Å²) < 4.78 is 34.0. The molecule has 0 aliphatic heterocycles. The van der Waals surface area contributed by atoms with Crippen molar-refractivity contribution in [1.82, 2.24) is 4.90 Å². The van der Waals surface area contributed by atoms with E-state index in [9.17, 15) is 18.4 Å². The number of ether oxygens (including phenoxy) is 2. The first-order valence-electron chi connectivity index (χ1n) is 8.43. The molecular formula is C20H21F2NO4. The fourth-order valence-electron chi connectivity index (χ4n) is 2.39. The minimum absolute atomic E-state index is 0.164. The number of hydrogen-bond acceptors (Lipinski definition) is 4. The molecule has 5 nitrogen and oxygen atoms in total. The first-order chi connectivity index (χ1) is 12.9. The summed E-state index contributed by atoms with van der Waals surface area (Å²) in [7, 11) is 1.59. The molecule has 0 aromatic heterocycles. The van der Waals surface area contributed by atoms with E-state index in [1.54, 1.807) is 7.05 Å². The van der Waals surface area contributed by atoms with E-state index in [-0.39, 0.29) is 11.3 Å². The van der Waals surface area contributed by atoms with E-state index in [4.69, 9.17) is 4.74 Å². The zero-order valence-electron chi connectivity index (χ0n) is 15.2. The van der Waals surface area contributed by atoms with Crippen LogP contribution in [0.1, 0.15) is 28.4 Å². The van der Waals surface area contributed by atoms with Gasteiger partial charge in [0.15, 0.2) is 6.61 Å². The number of aryl methyl sites for hydroxylation is 1. The van der Waals surface area contributed by atoms with Crippen LogP contribution < -0.4 is 4.74 Å². The molecular weight excluding hydrogens is 356 g/mol. The third-order valence-electron chi connectivity index (χ3n) is 3.93. The van der Waals surface area contributed by atoms with Gasteiger partial charge in [0.2, 0.25) is 0 Å². The molecule has 0 N–H and O–H groups in total. The molecule has 2 aromatic rings. The summed E-state index contributed by atoms with van der Waals surface area (Å²) in [5, 5.41) is 0. The van der Waals surface area contributed by atoms with E-state index in [0.717, 1.165) is 12.0 Å². The van der Waals surface area contributed by atoms with Gasteiger partial charge in [-0.25, -0.2) is 4.79 Å². The molecule has 27 heavy (non-hydrogen) atoms. The number of halogens is 2. The van der Waals surface area contributed by atoms with Crippen molar-refractivity contribution in [3.05, 3.63) is 65.2 Å². The van der Waals surface area contributed by atoms with Crippen molar-refractivity contribution >= 4 is 11.9 Å². The van der Waals surface area contributed by atoms with E-state index in [1.165, 1.54) is 34.7 Å². The fourth-order valence-corrected chi connectivity index (χ4v) is 2.39. The summed E-state index contributed by atoms with van der Waals surface area (Å²) in [4.78, 5) is 25.7. The Hall–Kier alpha value is -2.96. The SMILES string of the molecule is CCc1ccc(CN(C)C(=O)COC(=O)c2ccccc2OC(F)F)cc1. The smallest absolute Gasteiger partial charge is 0.387 e. The standard InChI is InChI=1S/C20H21F2NO4/c1-3-14-8-10-15(11-9-14)12-23(2)18(24)13-26-19(25)16-6-4-5-7-17(16)27-20(21)22/h4-11,20H,3,12-13H2,1-2H3. The number of esters is 1. The van der Waals surface area contributed by atoms with Crippen LogP contribution in [-0.2, 0) is 22.5 Å². The van der Waals surface area contributed by atoms with Gasteiger partial charge in [0, 0.05) is 13.6 Å². The van der Waals surface area contributed by atoms with E-state index >= 15 is 0 Å². The van der Waals surface area contributed by atoms with Gasteiger partial charge in [-0.3, -0.25) is 4.79 Å². The summed E-state index contributed by atoms with van der Waals surface area (Å²) in [6.45, 7) is -1.13. The number of likely N-dealkylation sites (N-methyl/N-ethyl adjacent to an activating group) is 1. The Morgan fingerprint density at radius 3 is 2.30 bits per heavy atom. The lowest BCUT2D eigenvalue weighted by Crippen LogP contribution is -2.30. The van der Waals surface area contributed by atoms with Gasteiger partial charge in [-0.15, -0.1) is 0 Å². The van der Waals surface area contributed by atoms with E-state index in [1.807, 2.05) is 24.3 Å². The van der Waals surface area contributed by atoms with Gasteiger partial charge in [0.25, 0.3) is 5.91 Å². The van der Waals surface area contributed by atoms with E-state index < -0.39 is 25.1 Å². The number of nitrogens with zero attached hydrogens (tertiary/aromatic N) is 1.